The third kappa shape index (κ3) is 2.68. The average Bonchev–Trinajstić information content (AvgIpc) is 3.13. The lowest BCUT2D eigenvalue weighted by Crippen LogP contribution is -2.02. The van der Waals surface area contributed by atoms with E-state index in [1.54, 1.807) is 0 Å². The van der Waals surface area contributed by atoms with Crippen LogP contribution in [0.15, 0.2) is 97.1 Å². The summed E-state index contributed by atoms with van der Waals surface area (Å²) in [5.74, 6) is 0. The molecule has 0 aromatic heterocycles. The van der Waals surface area contributed by atoms with Gasteiger partial charge in [0.15, 0.2) is 0 Å². The lowest BCUT2D eigenvalue weighted by atomic mass is 9.89. The molecule has 4 aromatic rings. The van der Waals surface area contributed by atoms with Crippen molar-refractivity contribution in [1.82, 2.24) is 0 Å². The first-order valence-electron chi connectivity index (χ1n) is 9.35. The molecule has 0 spiro atoms. The summed E-state index contributed by atoms with van der Waals surface area (Å²) in [6, 6.07) is 33.2. The van der Waals surface area contributed by atoms with Crippen LogP contribution in [-0.4, -0.2) is 5.11 Å². The predicted octanol–water partition coefficient (Wildman–Crippen LogP) is 6.01. The fraction of sp³-hybridized carbons (Fsp3) is 0.0769. The van der Waals surface area contributed by atoms with Gasteiger partial charge in [-0.05, 0) is 50.9 Å². The van der Waals surface area contributed by atoms with E-state index in [-0.39, 0.29) is 0 Å². The molecule has 0 bridgehead atoms. The largest absolute Gasteiger partial charge is 0.384 e. The number of aliphatic hydroxyl groups excluding tert-OH is 1. The molecule has 0 aliphatic heterocycles. The first-order chi connectivity index (χ1) is 13.3. The van der Waals surface area contributed by atoms with Crippen LogP contribution in [0.1, 0.15) is 28.4 Å². The summed E-state index contributed by atoms with van der Waals surface area (Å²) < 4.78 is 0. The van der Waals surface area contributed by atoms with Gasteiger partial charge in [0.1, 0.15) is 6.10 Å². The van der Waals surface area contributed by atoms with Gasteiger partial charge < -0.3 is 5.11 Å². The summed E-state index contributed by atoms with van der Waals surface area (Å²) in [5, 5.41) is 11.1. The molecule has 1 N–H and O–H groups in total. The minimum Gasteiger partial charge on any atom is -0.384 e. The van der Waals surface area contributed by atoms with Crippen molar-refractivity contribution in [2.75, 3.05) is 0 Å². The topological polar surface area (TPSA) is 20.2 Å². The normalized spacial score (nSPS) is 13.1. The molecule has 1 nitrogen and oxygen atoms in total. The molecule has 0 radical (unpaired) electrons. The first-order valence-corrected chi connectivity index (χ1v) is 9.35. The van der Waals surface area contributed by atoms with Crippen LogP contribution >= 0.6 is 0 Å². The number of hydrogen-bond acceptors (Lipinski definition) is 1. The van der Waals surface area contributed by atoms with Gasteiger partial charge in [0.25, 0.3) is 0 Å². The molecule has 1 heteroatoms. The molecule has 130 valence electrons. The highest BCUT2D eigenvalue weighted by Gasteiger charge is 2.23. The lowest BCUT2D eigenvalue weighted by Gasteiger charge is -2.18. The smallest absolute Gasteiger partial charge is 0.105 e. The van der Waals surface area contributed by atoms with E-state index in [0.29, 0.717) is 0 Å². The number of aliphatic hydroxyl groups is 1. The Labute approximate surface area is 159 Å². The first kappa shape index (κ1) is 16.0. The Morgan fingerprint density at radius 3 is 1.96 bits per heavy atom. The van der Waals surface area contributed by atoms with Crippen molar-refractivity contribution < 1.29 is 5.11 Å². The average molecular weight is 348 g/mol. The van der Waals surface area contributed by atoms with Gasteiger partial charge in [-0.2, -0.15) is 0 Å². The Morgan fingerprint density at radius 1 is 0.556 bits per heavy atom. The molecule has 4 aromatic carbocycles. The molecule has 0 amide bonds. The van der Waals surface area contributed by atoms with Gasteiger partial charge in [0.2, 0.25) is 0 Å². The van der Waals surface area contributed by atoms with Crippen LogP contribution in [0.25, 0.3) is 22.3 Å². The van der Waals surface area contributed by atoms with Crippen molar-refractivity contribution >= 4 is 0 Å². The Bertz CT molecular complexity index is 1110. The van der Waals surface area contributed by atoms with Crippen molar-refractivity contribution in [3.8, 4) is 22.3 Å². The van der Waals surface area contributed by atoms with E-state index in [1.165, 1.54) is 27.8 Å². The second kappa shape index (κ2) is 6.53. The molecule has 5 rings (SSSR count). The molecule has 27 heavy (non-hydrogen) atoms. The van der Waals surface area contributed by atoms with Gasteiger partial charge in [0.05, 0.1) is 0 Å². The van der Waals surface area contributed by atoms with Gasteiger partial charge in [-0.15, -0.1) is 0 Å². The molecule has 1 aliphatic carbocycles. The standard InChI is InChI=1S/C26H20O/c27-26(18-9-2-1-3-10-18)24-14-7-6-13-22(24)23-16-8-15-21-20-12-5-4-11-19(20)17-25(21)23/h1-16,26-27H,17H2. The van der Waals surface area contributed by atoms with Crippen molar-refractivity contribution in [2.24, 2.45) is 0 Å². The fourth-order valence-corrected chi connectivity index (χ4v) is 4.21. The van der Waals surface area contributed by atoms with Crippen molar-refractivity contribution in [2.45, 2.75) is 12.5 Å². The minimum atomic E-state index is -0.637. The van der Waals surface area contributed by atoms with E-state index in [9.17, 15) is 5.11 Å². The Balaban J connectivity index is 1.66. The zero-order valence-electron chi connectivity index (χ0n) is 15.0. The third-order valence-corrected chi connectivity index (χ3v) is 5.51. The number of fused-ring (bicyclic) bond motifs is 3. The molecule has 1 atom stereocenters. The predicted molar refractivity (Wildman–Crippen MR) is 111 cm³/mol. The van der Waals surface area contributed by atoms with E-state index >= 15 is 0 Å². The summed E-state index contributed by atoms with van der Waals surface area (Å²) in [6.07, 6.45) is 0.305. The van der Waals surface area contributed by atoms with E-state index in [1.807, 2.05) is 42.5 Å². The van der Waals surface area contributed by atoms with Crippen molar-refractivity contribution in [3.63, 3.8) is 0 Å². The van der Waals surface area contributed by atoms with Crippen LogP contribution in [0.3, 0.4) is 0 Å². The summed E-state index contributed by atoms with van der Waals surface area (Å²) in [7, 11) is 0. The quantitative estimate of drug-likeness (QED) is 0.423. The van der Waals surface area contributed by atoms with Gasteiger partial charge in [-0.1, -0.05) is 97.1 Å². The number of benzene rings is 4. The second-order valence-corrected chi connectivity index (χ2v) is 7.07. The van der Waals surface area contributed by atoms with E-state index < -0.39 is 6.10 Å². The minimum absolute atomic E-state index is 0.637. The van der Waals surface area contributed by atoms with Crippen LogP contribution < -0.4 is 0 Å². The van der Waals surface area contributed by atoms with Gasteiger partial charge in [0, 0.05) is 0 Å². The van der Waals surface area contributed by atoms with Crippen LogP contribution in [-0.2, 0) is 6.42 Å². The van der Waals surface area contributed by atoms with Gasteiger partial charge in [-0.25, -0.2) is 0 Å². The Morgan fingerprint density at radius 2 is 1.15 bits per heavy atom. The molecular weight excluding hydrogens is 328 g/mol. The fourth-order valence-electron chi connectivity index (χ4n) is 4.21. The highest BCUT2D eigenvalue weighted by Crippen LogP contribution is 2.43. The Hall–Kier alpha value is -3.16. The maximum atomic E-state index is 11.1. The summed E-state index contributed by atoms with van der Waals surface area (Å²) in [6.45, 7) is 0. The van der Waals surface area contributed by atoms with Crippen LogP contribution in [0.2, 0.25) is 0 Å². The van der Waals surface area contributed by atoms with Crippen LogP contribution in [0.4, 0.5) is 0 Å². The van der Waals surface area contributed by atoms with Crippen molar-refractivity contribution in [1.29, 1.82) is 0 Å². The van der Waals surface area contributed by atoms with Crippen molar-refractivity contribution in [3.05, 3.63) is 119 Å². The molecule has 1 aliphatic rings. The van der Waals surface area contributed by atoms with Crippen LogP contribution in [0, 0.1) is 0 Å². The number of hydrogen-bond donors (Lipinski definition) is 1. The van der Waals surface area contributed by atoms with E-state index in [4.69, 9.17) is 0 Å². The van der Waals surface area contributed by atoms with Gasteiger partial charge >= 0.3 is 0 Å². The molecule has 0 fully saturated rings. The molecule has 0 saturated carbocycles. The van der Waals surface area contributed by atoms with Gasteiger partial charge in [-0.3, -0.25) is 0 Å². The number of rotatable bonds is 3. The maximum absolute atomic E-state index is 11.1. The molecular formula is C26H20O. The summed E-state index contributed by atoms with van der Waals surface area (Å²) in [4.78, 5) is 0. The Kier molecular flexibility index (Phi) is 3.88. The SMILES string of the molecule is OC(c1ccccc1)c1ccccc1-c1cccc2c1Cc1ccccc1-2. The highest BCUT2D eigenvalue weighted by molar-refractivity contribution is 5.85. The zero-order valence-corrected chi connectivity index (χ0v) is 15.0. The summed E-state index contributed by atoms with van der Waals surface area (Å²) in [5.41, 5.74) is 9.57. The molecule has 0 saturated heterocycles. The zero-order chi connectivity index (χ0) is 18.2. The molecule has 1 unspecified atom stereocenters. The maximum Gasteiger partial charge on any atom is 0.105 e. The summed E-state index contributed by atoms with van der Waals surface area (Å²) >= 11 is 0. The lowest BCUT2D eigenvalue weighted by molar-refractivity contribution is 0.221. The molecule has 0 heterocycles. The van der Waals surface area contributed by atoms with Crippen LogP contribution in [0.5, 0.6) is 0 Å². The third-order valence-electron chi connectivity index (χ3n) is 5.51. The van der Waals surface area contributed by atoms with E-state index in [2.05, 4.69) is 54.6 Å². The van der Waals surface area contributed by atoms with E-state index in [0.717, 1.165) is 23.1 Å². The highest BCUT2D eigenvalue weighted by atomic mass is 16.3. The monoisotopic (exact) mass is 348 g/mol. The second-order valence-electron chi connectivity index (χ2n) is 7.07.